The van der Waals surface area contributed by atoms with Crippen LogP contribution in [0.4, 0.5) is 0 Å². The van der Waals surface area contributed by atoms with E-state index in [1.54, 1.807) is 18.3 Å². The van der Waals surface area contributed by atoms with Crippen LogP contribution >= 0.6 is 0 Å². The van der Waals surface area contributed by atoms with Crippen LogP contribution in [-0.4, -0.2) is 45.1 Å². The number of carbonyl (C=O) groups is 1. The van der Waals surface area contributed by atoms with Gasteiger partial charge in [-0.2, -0.15) is 0 Å². The number of amides is 1. The van der Waals surface area contributed by atoms with Crippen LogP contribution in [-0.2, 0) is 4.79 Å². The van der Waals surface area contributed by atoms with Crippen LogP contribution in [0, 0.1) is 5.92 Å². The molecule has 28 heavy (non-hydrogen) atoms. The van der Waals surface area contributed by atoms with Gasteiger partial charge < -0.3 is 15.1 Å². The number of pyridine rings is 1. The molecule has 7 nitrogen and oxygen atoms in total. The topological polar surface area (TPSA) is 97.7 Å². The maximum absolute atomic E-state index is 12.9. The second-order valence-electron chi connectivity index (χ2n) is 7.55. The van der Waals surface area contributed by atoms with Gasteiger partial charge in [0.05, 0.1) is 17.8 Å². The minimum atomic E-state index is -0.588. The molecule has 7 heteroatoms. The van der Waals surface area contributed by atoms with Crippen molar-refractivity contribution in [2.75, 3.05) is 13.1 Å². The fraction of sp³-hybridized carbons (Fsp3) is 0.429. The zero-order valence-electron chi connectivity index (χ0n) is 15.7. The molecule has 0 aliphatic carbocycles. The summed E-state index contributed by atoms with van der Waals surface area (Å²) in [5.41, 5.74) is 7.69. The third-order valence-corrected chi connectivity index (χ3v) is 5.80. The summed E-state index contributed by atoms with van der Waals surface area (Å²) in [6.45, 7) is 1.26. The number of rotatable bonds is 4. The van der Waals surface area contributed by atoms with Crippen molar-refractivity contribution in [3.8, 4) is 5.75 Å². The van der Waals surface area contributed by atoms with Gasteiger partial charge in [-0.1, -0.05) is 24.3 Å². The van der Waals surface area contributed by atoms with Gasteiger partial charge in [0.1, 0.15) is 11.8 Å². The highest BCUT2D eigenvalue weighted by atomic mass is 16.3. The lowest BCUT2D eigenvalue weighted by molar-refractivity contribution is -0.135. The van der Waals surface area contributed by atoms with E-state index in [2.05, 4.69) is 15.8 Å². The summed E-state index contributed by atoms with van der Waals surface area (Å²) < 4.78 is 0. The van der Waals surface area contributed by atoms with Gasteiger partial charge >= 0.3 is 0 Å². The molecule has 0 saturated carbocycles. The first kappa shape index (κ1) is 18.9. The number of aliphatic hydroxyl groups is 1. The van der Waals surface area contributed by atoms with Crippen LogP contribution in [0.2, 0.25) is 0 Å². The summed E-state index contributed by atoms with van der Waals surface area (Å²) in [6.07, 6.45) is 3.21. The molecule has 1 amide bonds. The monoisotopic (exact) mass is 382 g/mol. The first-order chi connectivity index (χ1) is 13.6. The number of piperidine rings is 1. The van der Waals surface area contributed by atoms with Crippen LogP contribution in [0.3, 0.4) is 0 Å². The van der Waals surface area contributed by atoms with Gasteiger partial charge in [-0.05, 0) is 43.4 Å². The Kier molecular flexibility index (Phi) is 5.57. The zero-order chi connectivity index (χ0) is 19.5. The zero-order valence-corrected chi connectivity index (χ0v) is 15.7. The molecule has 4 N–H and O–H groups in total. The van der Waals surface area contributed by atoms with Crippen molar-refractivity contribution >= 4 is 5.91 Å². The predicted molar refractivity (Wildman–Crippen MR) is 104 cm³/mol. The standard InChI is InChI=1S/C21H26N4O3/c26-19-7-2-1-5-15(19)17-13-18(24-23-17)21(28)25-11-8-14(9-12-25)20(27)16-6-3-4-10-22-16/h1-7,10,14,17-18,20,23-24,26-27H,8-9,11-13H2. The molecule has 0 spiro atoms. The SMILES string of the molecule is O=C(C1CC(c2ccccc2O)NN1)N1CCC(C(O)c2ccccn2)CC1. The van der Waals surface area contributed by atoms with E-state index in [-0.39, 0.29) is 29.7 Å². The van der Waals surface area contributed by atoms with E-state index in [1.807, 2.05) is 35.2 Å². The molecule has 4 rings (SSSR count). The molecule has 0 radical (unpaired) electrons. The summed E-state index contributed by atoms with van der Waals surface area (Å²) in [4.78, 5) is 19.0. The molecule has 1 aromatic carbocycles. The van der Waals surface area contributed by atoms with Crippen molar-refractivity contribution in [3.63, 3.8) is 0 Å². The van der Waals surface area contributed by atoms with Crippen LogP contribution in [0.1, 0.15) is 42.7 Å². The number of hydrogen-bond acceptors (Lipinski definition) is 6. The summed E-state index contributed by atoms with van der Waals surface area (Å²) in [7, 11) is 0. The lowest BCUT2D eigenvalue weighted by Crippen LogP contribution is -2.48. The normalized spacial score (nSPS) is 24.2. The summed E-state index contributed by atoms with van der Waals surface area (Å²) in [6, 6.07) is 12.3. The smallest absolute Gasteiger partial charge is 0.241 e. The molecule has 148 valence electrons. The predicted octanol–water partition coefficient (Wildman–Crippen LogP) is 1.67. The quantitative estimate of drug-likeness (QED) is 0.642. The Labute approximate surface area is 164 Å². The highest BCUT2D eigenvalue weighted by Crippen LogP contribution is 2.32. The third kappa shape index (κ3) is 3.87. The molecular weight excluding hydrogens is 356 g/mol. The minimum absolute atomic E-state index is 0.0659. The number of hydrazine groups is 1. The number of nitrogens with one attached hydrogen (secondary N) is 2. The number of aromatic hydroxyl groups is 1. The van der Waals surface area contributed by atoms with Crippen molar-refractivity contribution in [2.24, 2.45) is 5.92 Å². The van der Waals surface area contributed by atoms with Crippen molar-refractivity contribution in [1.82, 2.24) is 20.7 Å². The molecular formula is C21H26N4O3. The number of aromatic nitrogens is 1. The van der Waals surface area contributed by atoms with Crippen molar-refractivity contribution in [3.05, 3.63) is 59.9 Å². The number of carbonyl (C=O) groups excluding carboxylic acids is 1. The van der Waals surface area contributed by atoms with Crippen molar-refractivity contribution in [1.29, 1.82) is 0 Å². The number of para-hydroxylation sites is 1. The molecule has 2 aliphatic rings. The largest absolute Gasteiger partial charge is 0.508 e. The number of hydrogen-bond donors (Lipinski definition) is 4. The average Bonchev–Trinajstić information content (AvgIpc) is 3.24. The van der Waals surface area contributed by atoms with E-state index in [0.717, 1.165) is 18.4 Å². The van der Waals surface area contributed by atoms with Gasteiger partial charge in [0, 0.05) is 24.8 Å². The van der Waals surface area contributed by atoms with E-state index in [4.69, 9.17) is 0 Å². The van der Waals surface area contributed by atoms with Crippen LogP contribution < -0.4 is 10.9 Å². The number of phenolic OH excluding ortho intramolecular Hbond substituents is 1. The summed E-state index contributed by atoms with van der Waals surface area (Å²) >= 11 is 0. The van der Waals surface area contributed by atoms with Gasteiger partial charge in [-0.3, -0.25) is 9.78 Å². The first-order valence-corrected chi connectivity index (χ1v) is 9.80. The number of benzene rings is 1. The second kappa shape index (κ2) is 8.26. The number of aliphatic hydroxyl groups excluding tert-OH is 1. The summed E-state index contributed by atoms with van der Waals surface area (Å²) in [5, 5.41) is 20.6. The Balaban J connectivity index is 1.32. The second-order valence-corrected chi connectivity index (χ2v) is 7.55. The maximum Gasteiger partial charge on any atom is 0.241 e. The molecule has 3 atom stereocenters. The number of nitrogens with zero attached hydrogens (tertiary/aromatic N) is 2. The van der Waals surface area contributed by atoms with Crippen LogP contribution in [0.5, 0.6) is 5.75 Å². The Morgan fingerprint density at radius 2 is 1.86 bits per heavy atom. The van der Waals surface area contributed by atoms with E-state index < -0.39 is 6.10 Å². The number of likely N-dealkylation sites (tertiary alicyclic amines) is 1. The van der Waals surface area contributed by atoms with Crippen molar-refractivity contribution < 1.29 is 15.0 Å². The van der Waals surface area contributed by atoms with Gasteiger partial charge in [0.25, 0.3) is 0 Å². The van der Waals surface area contributed by atoms with Gasteiger partial charge in [0.2, 0.25) is 5.91 Å². The fourth-order valence-corrected chi connectivity index (χ4v) is 4.15. The van der Waals surface area contributed by atoms with Crippen LogP contribution in [0.15, 0.2) is 48.7 Å². The number of phenols is 1. The lowest BCUT2D eigenvalue weighted by Gasteiger charge is -2.35. The maximum atomic E-state index is 12.9. The van der Waals surface area contributed by atoms with Crippen LogP contribution in [0.25, 0.3) is 0 Å². The molecule has 2 fully saturated rings. The molecule has 2 aromatic rings. The fourth-order valence-electron chi connectivity index (χ4n) is 4.15. The Morgan fingerprint density at radius 1 is 1.11 bits per heavy atom. The molecule has 3 heterocycles. The summed E-state index contributed by atoms with van der Waals surface area (Å²) in [5.74, 6) is 0.415. The highest BCUT2D eigenvalue weighted by molar-refractivity contribution is 5.82. The molecule has 3 unspecified atom stereocenters. The Morgan fingerprint density at radius 3 is 2.57 bits per heavy atom. The minimum Gasteiger partial charge on any atom is -0.508 e. The van der Waals surface area contributed by atoms with Crippen molar-refractivity contribution in [2.45, 2.75) is 37.5 Å². The van der Waals surface area contributed by atoms with E-state index in [9.17, 15) is 15.0 Å². The first-order valence-electron chi connectivity index (χ1n) is 9.80. The molecule has 2 saturated heterocycles. The van der Waals surface area contributed by atoms with E-state index >= 15 is 0 Å². The van der Waals surface area contributed by atoms with E-state index in [1.165, 1.54) is 0 Å². The highest BCUT2D eigenvalue weighted by Gasteiger charge is 2.36. The molecule has 1 aromatic heterocycles. The third-order valence-electron chi connectivity index (χ3n) is 5.80. The Hall–Kier alpha value is -2.48. The Bertz CT molecular complexity index is 808. The van der Waals surface area contributed by atoms with Gasteiger partial charge in [-0.15, -0.1) is 0 Å². The van der Waals surface area contributed by atoms with Gasteiger partial charge in [-0.25, -0.2) is 10.9 Å². The molecule has 0 bridgehead atoms. The lowest BCUT2D eigenvalue weighted by atomic mass is 9.89. The molecule has 2 aliphatic heterocycles. The average molecular weight is 382 g/mol. The van der Waals surface area contributed by atoms with Gasteiger partial charge in [0.15, 0.2) is 0 Å². The van der Waals surface area contributed by atoms with E-state index in [0.29, 0.717) is 25.2 Å².